The third-order valence-corrected chi connectivity index (χ3v) is 2.51. The van der Waals surface area contributed by atoms with Gasteiger partial charge in [-0.15, -0.1) is 6.58 Å². The number of carbonyl (C=O) groups is 2. The standard InChI is InChI=1S/C11H10Cl2N2O3/c1-2-5-15(6-9(16)17)11(18)7-3-4-8(12)14-10(7)13/h2-4H,1,5-6H2,(H,16,17). The Hall–Kier alpha value is -1.59. The Morgan fingerprint density at radius 1 is 1.44 bits per heavy atom. The molecule has 0 aliphatic carbocycles. The van der Waals surface area contributed by atoms with Crippen LogP contribution in [-0.4, -0.2) is 40.0 Å². The van der Waals surface area contributed by atoms with Gasteiger partial charge in [0.25, 0.3) is 5.91 Å². The van der Waals surface area contributed by atoms with E-state index in [0.29, 0.717) is 0 Å². The number of carboxylic acid groups (broad SMARTS) is 1. The fourth-order valence-corrected chi connectivity index (χ4v) is 1.71. The third-order valence-electron chi connectivity index (χ3n) is 2.01. The van der Waals surface area contributed by atoms with Crippen molar-refractivity contribution in [3.05, 3.63) is 40.7 Å². The van der Waals surface area contributed by atoms with Crippen molar-refractivity contribution in [1.29, 1.82) is 0 Å². The van der Waals surface area contributed by atoms with Crippen LogP contribution >= 0.6 is 23.2 Å². The SMILES string of the molecule is C=CCN(CC(=O)O)C(=O)c1ccc(Cl)nc1Cl. The van der Waals surface area contributed by atoms with Gasteiger partial charge in [-0.05, 0) is 12.1 Å². The molecule has 0 saturated heterocycles. The van der Waals surface area contributed by atoms with Crippen LogP contribution in [0.2, 0.25) is 10.3 Å². The minimum absolute atomic E-state index is 0.0630. The number of aliphatic carboxylic acids is 1. The second-order valence-electron chi connectivity index (χ2n) is 3.34. The van der Waals surface area contributed by atoms with E-state index < -0.39 is 18.4 Å². The number of amides is 1. The van der Waals surface area contributed by atoms with E-state index in [2.05, 4.69) is 11.6 Å². The second-order valence-corrected chi connectivity index (χ2v) is 4.09. The molecule has 7 heteroatoms. The summed E-state index contributed by atoms with van der Waals surface area (Å²) >= 11 is 11.4. The predicted molar refractivity (Wildman–Crippen MR) is 68.0 cm³/mol. The first-order chi connectivity index (χ1) is 8.45. The van der Waals surface area contributed by atoms with Crippen molar-refractivity contribution in [1.82, 2.24) is 9.88 Å². The number of hydrogen-bond donors (Lipinski definition) is 1. The van der Waals surface area contributed by atoms with E-state index in [1.807, 2.05) is 0 Å². The van der Waals surface area contributed by atoms with Crippen molar-refractivity contribution in [2.45, 2.75) is 0 Å². The van der Waals surface area contributed by atoms with E-state index in [4.69, 9.17) is 28.3 Å². The minimum Gasteiger partial charge on any atom is -0.480 e. The number of aromatic nitrogens is 1. The van der Waals surface area contributed by atoms with E-state index in [-0.39, 0.29) is 22.4 Å². The summed E-state index contributed by atoms with van der Waals surface area (Å²) in [6.45, 7) is 3.12. The molecule has 1 aromatic heterocycles. The Labute approximate surface area is 114 Å². The molecule has 5 nitrogen and oxygen atoms in total. The molecule has 0 aromatic carbocycles. The van der Waals surface area contributed by atoms with Crippen LogP contribution in [0.4, 0.5) is 0 Å². The van der Waals surface area contributed by atoms with Crippen LogP contribution in [0.15, 0.2) is 24.8 Å². The van der Waals surface area contributed by atoms with Crippen LogP contribution in [0.5, 0.6) is 0 Å². The van der Waals surface area contributed by atoms with Gasteiger partial charge < -0.3 is 10.0 Å². The molecule has 0 aliphatic heterocycles. The monoisotopic (exact) mass is 288 g/mol. The Kier molecular flexibility index (Phi) is 5.12. The summed E-state index contributed by atoms with van der Waals surface area (Å²) in [5, 5.41) is 8.82. The number of halogens is 2. The zero-order chi connectivity index (χ0) is 13.7. The van der Waals surface area contributed by atoms with Crippen LogP contribution in [0.1, 0.15) is 10.4 Å². The molecule has 0 spiro atoms. The number of hydrogen-bond acceptors (Lipinski definition) is 3. The van der Waals surface area contributed by atoms with Gasteiger partial charge in [0.2, 0.25) is 0 Å². The lowest BCUT2D eigenvalue weighted by atomic mass is 10.2. The molecule has 0 saturated carbocycles. The summed E-state index contributed by atoms with van der Waals surface area (Å²) in [4.78, 5) is 27.5. The highest BCUT2D eigenvalue weighted by Gasteiger charge is 2.20. The normalized spacial score (nSPS) is 9.89. The van der Waals surface area contributed by atoms with E-state index in [9.17, 15) is 9.59 Å². The maximum absolute atomic E-state index is 12.0. The van der Waals surface area contributed by atoms with Gasteiger partial charge in [-0.3, -0.25) is 9.59 Å². The smallest absolute Gasteiger partial charge is 0.323 e. The Bertz CT molecular complexity index is 491. The van der Waals surface area contributed by atoms with E-state index in [0.717, 1.165) is 4.90 Å². The first kappa shape index (κ1) is 14.5. The lowest BCUT2D eigenvalue weighted by Crippen LogP contribution is -2.36. The van der Waals surface area contributed by atoms with Crippen LogP contribution in [0.25, 0.3) is 0 Å². The molecule has 0 bridgehead atoms. The molecule has 1 amide bonds. The van der Waals surface area contributed by atoms with Gasteiger partial charge in [-0.25, -0.2) is 4.98 Å². The molecule has 0 fully saturated rings. The molecule has 1 aromatic rings. The van der Waals surface area contributed by atoms with Gasteiger partial charge in [0.15, 0.2) is 0 Å². The maximum atomic E-state index is 12.0. The zero-order valence-electron chi connectivity index (χ0n) is 9.27. The number of pyridine rings is 1. The maximum Gasteiger partial charge on any atom is 0.323 e. The average Bonchev–Trinajstić information content (AvgIpc) is 2.27. The third kappa shape index (κ3) is 3.72. The van der Waals surface area contributed by atoms with Gasteiger partial charge in [0.05, 0.1) is 5.56 Å². The van der Waals surface area contributed by atoms with Gasteiger partial charge in [0.1, 0.15) is 16.9 Å². The Morgan fingerprint density at radius 3 is 2.61 bits per heavy atom. The summed E-state index contributed by atoms with van der Waals surface area (Å²) in [5.41, 5.74) is 0.101. The van der Waals surface area contributed by atoms with Crippen molar-refractivity contribution in [3.63, 3.8) is 0 Å². The molecule has 1 heterocycles. The van der Waals surface area contributed by atoms with Gasteiger partial charge >= 0.3 is 5.97 Å². The molecule has 0 unspecified atom stereocenters. The van der Waals surface area contributed by atoms with Crippen molar-refractivity contribution in [2.75, 3.05) is 13.1 Å². The lowest BCUT2D eigenvalue weighted by molar-refractivity contribution is -0.137. The highest BCUT2D eigenvalue weighted by Crippen LogP contribution is 2.18. The average molecular weight is 289 g/mol. The highest BCUT2D eigenvalue weighted by atomic mass is 35.5. The molecular formula is C11H10Cl2N2O3. The molecule has 1 rings (SSSR count). The number of nitrogens with zero attached hydrogens (tertiary/aromatic N) is 2. The van der Waals surface area contributed by atoms with E-state index >= 15 is 0 Å². The van der Waals surface area contributed by atoms with Crippen LogP contribution < -0.4 is 0 Å². The van der Waals surface area contributed by atoms with Crippen LogP contribution in [0, 0.1) is 0 Å². The number of carbonyl (C=O) groups excluding carboxylic acids is 1. The fourth-order valence-electron chi connectivity index (χ4n) is 1.28. The Morgan fingerprint density at radius 2 is 2.11 bits per heavy atom. The van der Waals surface area contributed by atoms with Crippen LogP contribution in [-0.2, 0) is 4.79 Å². The largest absolute Gasteiger partial charge is 0.480 e. The summed E-state index contributed by atoms with van der Waals surface area (Å²) in [6, 6.07) is 2.81. The first-order valence-corrected chi connectivity index (χ1v) is 5.65. The highest BCUT2D eigenvalue weighted by molar-refractivity contribution is 6.34. The van der Waals surface area contributed by atoms with Crippen molar-refractivity contribution in [3.8, 4) is 0 Å². The fraction of sp³-hybridized carbons (Fsp3) is 0.182. The molecule has 96 valence electrons. The molecule has 1 N–H and O–H groups in total. The summed E-state index contributed by atoms with van der Waals surface area (Å²) in [7, 11) is 0. The molecule has 0 radical (unpaired) electrons. The summed E-state index contributed by atoms with van der Waals surface area (Å²) in [6.07, 6.45) is 1.43. The lowest BCUT2D eigenvalue weighted by Gasteiger charge is -2.19. The van der Waals surface area contributed by atoms with E-state index in [1.54, 1.807) is 0 Å². The quantitative estimate of drug-likeness (QED) is 0.665. The van der Waals surface area contributed by atoms with Crippen molar-refractivity contribution in [2.24, 2.45) is 0 Å². The Balaban J connectivity index is 3.01. The van der Waals surface area contributed by atoms with Gasteiger partial charge in [-0.2, -0.15) is 0 Å². The van der Waals surface area contributed by atoms with Crippen molar-refractivity contribution < 1.29 is 14.7 Å². The number of rotatable bonds is 5. The van der Waals surface area contributed by atoms with Crippen molar-refractivity contribution >= 4 is 35.1 Å². The first-order valence-electron chi connectivity index (χ1n) is 4.89. The summed E-state index contributed by atoms with van der Waals surface area (Å²) in [5.74, 6) is -1.66. The molecule has 18 heavy (non-hydrogen) atoms. The molecular weight excluding hydrogens is 279 g/mol. The zero-order valence-corrected chi connectivity index (χ0v) is 10.8. The summed E-state index contributed by atoms with van der Waals surface area (Å²) < 4.78 is 0. The molecule has 0 aliphatic rings. The minimum atomic E-state index is -1.12. The van der Waals surface area contributed by atoms with Gasteiger partial charge in [0, 0.05) is 6.54 Å². The molecule has 0 atom stereocenters. The second kappa shape index (κ2) is 6.37. The van der Waals surface area contributed by atoms with Gasteiger partial charge in [-0.1, -0.05) is 29.3 Å². The predicted octanol–water partition coefficient (Wildman–Crippen LogP) is 2.10. The van der Waals surface area contributed by atoms with Crippen LogP contribution in [0.3, 0.4) is 0 Å². The topological polar surface area (TPSA) is 70.5 Å². The van der Waals surface area contributed by atoms with E-state index in [1.165, 1.54) is 18.2 Å². The number of carboxylic acids is 1.